The van der Waals surface area contributed by atoms with Gasteiger partial charge in [0.05, 0.1) is 22.8 Å². The van der Waals surface area contributed by atoms with Crippen molar-refractivity contribution in [3.8, 4) is 45.3 Å². The smallest absolute Gasteiger partial charge is 0.0876 e. The van der Waals surface area contributed by atoms with E-state index < -0.39 is 0 Å². The molecule has 0 aliphatic rings. The van der Waals surface area contributed by atoms with Gasteiger partial charge in [-0.05, 0) is 47.8 Å². The van der Waals surface area contributed by atoms with Crippen LogP contribution in [0.5, 0.6) is 0 Å². The molecule has 0 spiro atoms. The van der Waals surface area contributed by atoms with E-state index in [0.29, 0.717) is 14.5 Å². The van der Waals surface area contributed by atoms with E-state index in [9.17, 15) is 0 Å². The number of fused-ring (bicyclic) bond motifs is 1. The van der Waals surface area contributed by atoms with Gasteiger partial charge in [-0.2, -0.15) is 0 Å². The predicted octanol–water partition coefficient (Wildman–Crippen LogP) is 8.71. The molecule has 0 N–H and O–H groups in total. The second-order valence-electron chi connectivity index (χ2n) is 9.59. The Morgan fingerprint density at radius 2 is 0.894 bits per heavy atom. The van der Waals surface area contributed by atoms with E-state index in [0.717, 1.165) is 50.7 Å². The quantitative estimate of drug-likeness (QED) is 0.131. The molecule has 0 amide bonds. The third kappa shape index (κ3) is 10.2. The first-order valence-electron chi connectivity index (χ1n) is 14.3. The van der Waals surface area contributed by atoms with E-state index >= 15 is 0 Å². The number of hydrogen-bond acceptors (Lipinski definition) is 4. The van der Waals surface area contributed by atoms with Gasteiger partial charge in [0, 0.05) is 12.4 Å². The molecule has 8 aromatic rings. The van der Waals surface area contributed by atoms with Crippen LogP contribution in [0.1, 0.15) is 0 Å². The van der Waals surface area contributed by atoms with Crippen LogP contribution in [0.15, 0.2) is 157 Å². The van der Waals surface area contributed by atoms with Crippen LogP contribution in [-0.4, -0.2) is 34.4 Å². The van der Waals surface area contributed by atoms with Gasteiger partial charge in [-0.15, -0.1) is 71.8 Å². The van der Waals surface area contributed by atoms with Crippen molar-refractivity contribution in [2.45, 2.75) is 0 Å². The normalized spacial score (nSPS) is 9.79. The molecule has 0 atom stereocenters. The SMILES string of the molecule is [Pt+2].[Pt+2].[c-]1cccc2[se]c[c-]c12.[c-]1ccccc1-c1cccc(-c2ccccn2)n1.[c-]1ccccc1-c1cccc(-c2ccccn2)n1. The van der Waals surface area contributed by atoms with Crippen molar-refractivity contribution in [2.24, 2.45) is 0 Å². The Bertz CT molecular complexity index is 1800. The van der Waals surface area contributed by atoms with Gasteiger partial charge >= 0.3 is 102 Å². The van der Waals surface area contributed by atoms with Crippen molar-refractivity contribution in [3.05, 3.63) is 181 Å². The van der Waals surface area contributed by atoms with E-state index in [-0.39, 0.29) is 42.1 Å². The molecule has 3 aromatic carbocycles. The van der Waals surface area contributed by atoms with E-state index in [2.05, 4.69) is 55.2 Å². The van der Waals surface area contributed by atoms with Crippen LogP contribution in [-0.2, 0) is 42.1 Å². The zero-order chi connectivity index (χ0) is 30.5. The standard InChI is InChI=1S/2C16H11N2.C8H4Se.2Pt/c2*1-2-7-13(8-3-1)14-10-6-11-16(18-14)15-9-4-5-12-17-15;1-2-4-8-7(3-1)5-6-9-8;;/h2*1-7,9-12H;1-2,4,6H;;/q2*-1;-2;2*+2. The number of nitrogens with zero attached hydrogens (tertiary/aromatic N) is 4. The Kier molecular flexibility index (Phi) is 14.4. The maximum absolute atomic E-state index is 4.62. The molecule has 7 heteroatoms. The molecule has 0 unspecified atom stereocenters. The van der Waals surface area contributed by atoms with Gasteiger partial charge in [-0.1, -0.05) is 36.4 Å². The molecule has 8 rings (SSSR count). The minimum absolute atomic E-state index is 0. The van der Waals surface area contributed by atoms with Crippen molar-refractivity contribution < 1.29 is 42.1 Å². The molecular formula is C40H26N4Pt2Se. The monoisotopic (exact) mass is 1030 g/mol. The molecular weight excluding hydrogens is 1010 g/mol. The summed E-state index contributed by atoms with van der Waals surface area (Å²) in [6, 6.07) is 57.9. The molecule has 0 saturated carbocycles. The Hall–Kier alpha value is -4.10. The molecule has 5 heterocycles. The maximum Gasteiger partial charge on any atom is 0.0876 e. The van der Waals surface area contributed by atoms with Gasteiger partial charge in [-0.25, -0.2) is 0 Å². The van der Waals surface area contributed by atoms with Crippen LogP contribution < -0.4 is 0 Å². The van der Waals surface area contributed by atoms with Gasteiger partial charge in [0.15, 0.2) is 0 Å². The van der Waals surface area contributed by atoms with Crippen molar-refractivity contribution in [1.29, 1.82) is 0 Å². The summed E-state index contributed by atoms with van der Waals surface area (Å²) in [6.45, 7) is 0. The van der Waals surface area contributed by atoms with E-state index in [1.807, 2.05) is 133 Å². The topological polar surface area (TPSA) is 51.6 Å². The van der Waals surface area contributed by atoms with Crippen LogP contribution in [0.3, 0.4) is 0 Å². The summed E-state index contributed by atoms with van der Waals surface area (Å²) in [5.74, 6) is 0. The number of benzene rings is 3. The summed E-state index contributed by atoms with van der Waals surface area (Å²) in [5, 5.41) is 1.16. The van der Waals surface area contributed by atoms with Crippen molar-refractivity contribution in [1.82, 2.24) is 19.9 Å². The van der Waals surface area contributed by atoms with Gasteiger partial charge in [-0.3, -0.25) is 19.9 Å². The van der Waals surface area contributed by atoms with Crippen LogP contribution in [0.25, 0.3) is 54.9 Å². The van der Waals surface area contributed by atoms with Crippen molar-refractivity contribution in [2.75, 3.05) is 0 Å². The fourth-order valence-electron chi connectivity index (χ4n) is 4.37. The number of rotatable bonds is 4. The van der Waals surface area contributed by atoms with Gasteiger partial charge in [0.25, 0.3) is 0 Å². The molecule has 0 radical (unpaired) electrons. The van der Waals surface area contributed by atoms with Crippen LogP contribution in [0, 0.1) is 24.3 Å². The third-order valence-electron chi connectivity index (χ3n) is 6.53. The Morgan fingerprint density at radius 3 is 1.36 bits per heavy atom. The third-order valence-corrected chi connectivity index (χ3v) is 8.27. The zero-order valence-electron chi connectivity index (χ0n) is 24.8. The predicted molar refractivity (Wildman–Crippen MR) is 182 cm³/mol. The molecule has 47 heavy (non-hydrogen) atoms. The van der Waals surface area contributed by atoms with E-state index in [4.69, 9.17) is 0 Å². The average molecular weight is 1030 g/mol. The Balaban J connectivity index is 0.000000164. The van der Waals surface area contributed by atoms with E-state index in [1.54, 1.807) is 12.4 Å². The molecule has 0 aliphatic heterocycles. The second-order valence-corrected chi connectivity index (χ2v) is 11.5. The van der Waals surface area contributed by atoms with Gasteiger partial charge in [0.2, 0.25) is 0 Å². The maximum atomic E-state index is 4.62. The summed E-state index contributed by atoms with van der Waals surface area (Å²) in [6.07, 6.45) is 3.55. The summed E-state index contributed by atoms with van der Waals surface area (Å²) < 4.78 is 1.41. The molecule has 0 bridgehead atoms. The summed E-state index contributed by atoms with van der Waals surface area (Å²) >= 11 is 0.535. The molecule has 0 saturated heterocycles. The fraction of sp³-hybridized carbons (Fsp3) is 0. The molecule has 5 aromatic heterocycles. The first-order chi connectivity index (χ1) is 22.3. The van der Waals surface area contributed by atoms with E-state index in [1.165, 1.54) is 4.26 Å². The Labute approximate surface area is 310 Å². The molecule has 4 nitrogen and oxygen atoms in total. The second kappa shape index (κ2) is 18.9. The number of aromatic nitrogens is 4. The van der Waals surface area contributed by atoms with Crippen LogP contribution in [0.2, 0.25) is 0 Å². The van der Waals surface area contributed by atoms with Crippen LogP contribution in [0.4, 0.5) is 0 Å². The fourth-order valence-corrected chi connectivity index (χ4v) is 5.83. The zero-order valence-corrected chi connectivity index (χ0v) is 31.1. The van der Waals surface area contributed by atoms with Crippen LogP contribution >= 0.6 is 0 Å². The van der Waals surface area contributed by atoms with Gasteiger partial charge < -0.3 is 0 Å². The summed E-state index contributed by atoms with van der Waals surface area (Å²) in [7, 11) is 0. The minimum Gasteiger partial charge on any atom is -0.295 e. The average Bonchev–Trinajstić information content (AvgIpc) is 3.63. The molecule has 0 fully saturated rings. The number of pyridine rings is 4. The molecule has 0 aliphatic carbocycles. The Morgan fingerprint density at radius 1 is 0.404 bits per heavy atom. The summed E-state index contributed by atoms with van der Waals surface area (Å²) in [4.78, 5) is 20.0. The molecule has 232 valence electrons. The number of hydrogen-bond donors (Lipinski definition) is 0. The minimum atomic E-state index is 0. The summed E-state index contributed by atoms with van der Waals surface area (Å²) in [5.41, 5.74) is 7.35. The first kappa shape index (κ1) is 35.7. The van der Waals surface area contributed by atoms with Crippen molar-refractivity contribution in [3.63, 3.8) is 0 Å². The van der Waals surface area contributed by atoms with Crippen molar-refractivity contribution >= 4 is 24.1 Å². The van der Waals surface area contributed by atoms with Gasteiger partial charge in [0.1, 0.15) is 0 Å². The first-order valence-corrected chi connectivity index (χ1v) is 16.1. The largest absolute Gasteiger partial charge is 0.295 e.